The number of nitrogens with one attached hydrogen (secondary N) is 1. The van der Waals surface area contributed by atoms with Gasteiger partial charge < -0.3 is 10.1 Å². The zero-order valence-electron chi connectivity index (χ0n) is 16.7. The Balaban J connectivity index is 1.88. The summed E-state index contributed by atoms with van der Waals surface area (Å²) in [5.74, 6) is 0.480. The summed E-state index contributed by atoms with van der Waals surface area (Å²) >= 11 is 0. The highest BCUT2D eigenvalue weighted by Crippen LogP contribution is 2.31. The summed E-state index contributed by atoms with van der Waals surface area (Å²) in [5, 5.41) is 2.82. The van der Waals surface area contributed by atoms with Crippen LogP contribution in [0.3, 0.4) is 0 Å². The second-order valence-electron chi connectivity index (χ2n) is 6.89. The lowest BCUT2D eigenvalue weighted by Gasteiger charge is -2.23. The molecule has 2 aromatic rings. The zero-order chi connectivity index (χ0) is 20.9. The predicted molar refractivity (Wildman–Crippen MR) is 115 cm³/mol. The molecule has 7 heteroatoms. The summed E-state index contributed by atoms with van der Waals surface area (Å²) in [6.45, 7) is 2.07. The first-order chi connectivity index (χ1) is 14.0. The summed E-state index contributed by atoms with van der Waals surface area (Å²) in [4.78, 5) is 12.5. The second-order valence-corrected chi connectivity index (χ2v) is 8.75. The van der Waals surface area contributed by atoms with E-state index < -0.39 is 10.0 Å². The van der Waals surface area contributed by atoms with E-state index in [1.165, 1.54) is 23.5 Å². The SMILES string of the molecule is CCN(c1ccccc1)S(=O)(=O)c1ccc(OC)c(NC(=O)C[C@@H]2C=CCC2)c1. The molecule has 0 heterocycles. The second kappa shape index (κ2) is 9.13. The topological polar surface area (TPSA) is 75.7 Å². The number of benzene rings is 2. The van der Waals surface area contributed by atoms with E-state index in [0.717, 1.165) is 12.8 Å². The van der Waals surface area contributed by atoms with Crippen LogP contribution in [0.2, 0.25) is 0 Å². The minimum Gasteiger partial charge on any atom is -0.495 e. The molecule has 6 nitrogen and oxygen atoms in total. The molecule has 0 bridgehead atoms. The number of ether oxygens (including phenoxy) is 1. The molecule has 0 unspecified atom stereocenters. The maximum absolute atomic E-state index is 13.2. The number of para-hydroxylation sites is 1. The van der Waals surface area contributed by atoms with Crippen LogP contribution < -0.4 is 14.4 Å². The fraction of sp³-hybridized carbons (Fsp3) is 0.318. The molecule has 0 spiro atoms. The van der Waals surface area contributed by atoms with Crippen molar-refractivity contribution in [2.45, 2.75) is 31.1 Å². The number of sulfonamides is 1. The zero-order valence-corrected chi connectivity index (χ0v) is 17.5. The Morgan fingerprint density at radius 2 is 1.97 bits per heavy atom. The van der Waals surface area contributed by atoms with Crippen molar-refractivity contribution in [3.8, 4) is 5.75 Å². The van der Waals surface area contributed by atoms with E-state index in [-0.39, 0.29) is 23.3 Å². The first kappa shape index (κ1) is 20.9. The average Bonchev–Trinajstić information content (AvgIpc) is 3.22. The molecule has 0 saturated carbocycles. The van der Waals surface area contributed by atoms with Crippen LogP contribution in [0.4, 0.5) is 11.4 Å². The third-order valence-electron chi connectivity index (χ3n) is 4.92. The van der Waals surface area contributed by atoms with E-state index in [9.17, 15) is 13.2 Å². The van der Waals surface area contributed by atoms with Gasteiger partial charge >= 0.3 is 0 Å². The number of carbonyl (C=O) groups is 1. The molecule has 3 rings (SSSR count). The fourth-order valence-corrected chi connectivity index (χ4v) is 4.96. The fourth-order valence-electron chi connectivity index (χ4n) is 3.46. The van der Waals surface area contributed by atoms with Crippen LogP contribution in [0.5, 0.6) is 5.75 Å². The maximum Gasteiger partial charge on any atom is 0.264 e. The van der Waals surface area contributed by atoms with Gasteiger partial charge in [-0.05, 0) is 56.0 Å². The van der Waals surface area contributed by atoms with Crippen molar-refractivity contribution in [1.82, 2.24) is 0 Å². The van der Waals surface area contributed by atoms with E-state index in [1.54, 1.807) is 37.3 Å². The Morgan fingerprint density at radius 3 is 2.59 bits per heavy atom. The predicted octanol–water partition coefficient (Wildman–Crippen LogP) is 4.21. The number of carbonyl (C=O) groups excluding carboxylic acids is 1. The molecule has 154 valence electrons. The monoisotopic (exact) mass is 414 g/mol. The van der Waals surface area contributed by atoms with Gasteiger partial charge in [0.05, 0.1) is 23.4 Å². The van der Waals surface area contributed by atoms with Gasteiger partial charge in [0.25, 0.3) is 10.0 Å². The number of allylic oxidation sites excluding steroid dienone is 2. The summed E-state index contributed by atoms with van der Waals surface area (Å²) in [6.07, 6.45) is 6.44. The third-order valence-corrected chi connectivity index (χ3v) is 6.82. The molecule has 1 aliphatic rings. The first-order valence-corrected chi connectivity index (χ1v) is 11.1. The minimum absolute atomic E-state index is 0.0973. The van der Waals surface area contributed by atoms with Gasteiger partial charge in [-0.2, -0.15) is 0 Å². The normalized spacial score (nSPS) is 15.9. The Labute approximate surface area is 172 Å². The molecule has 0 fully saturated rings. The Morgan fingerprint density at radius 1 is 1.21 bits per heavy atom. The number of rotatable bonds is 8. The molecule has 0 radical (unpaired) electrons. The van der Waals surface area contributed by atoms with Gasteiger partial charge in [-0.15, -0.1) is 0 Å². The number of hydrogen-bond acceptors (Lipinski definition) is 4. The van der Waals surface area contributed by atoms with Crippen molar-refractivity contribution in [2.24, 2.45) is 5.92 Å². The van der Waals surface area contributed by atoms with Crippen LogP contribution >= 0.6 is 0 Å². The lowest BCUT2D eigenvalue weighted by atomic mass is 10.1. The van der Waals surface area contributed by atoms with Gasteiger partial charge in [0, 0.05) is 13.0 Å². The van der Waals surface area contributed by atoms with Crippen molar-refractivity contribution in [1.29, 1.82) is 0 Å². The van der Waals surface area contributed by atoms with Crippen LogP contribution in [-0.2, 0) is 14.8 Å². The number of hydrogen-bond donors (Lipinski definition) is 1. The summed E-state index contributed by atoms with van der Waals surface area (Å²) in [5.41, 5.74) is 0.939. The van der Waals surface area contributed by atoms with Crippen molar-refractivity contribution in [2.75, 3.05) is 23.3 Å². The van der Waals surface area contributed by atoms with Gasteiger partial charge in [-0.25, -0.2) is 8.42 Å². The molecular weight excluding hydrogens is 388 g/mol. The third kappa shape index (κ3) is 4.79. The lowest BCUT2D eigenvalue weighted by molar-refractivity contribution is -0.116. The van der Waals surface area contributed by atoms with E-state index in [0.29, 0.717) is 23.5 Å². The maximum atomic E-state index is 13.2. The van der Waals surface area contributed by atoms with E-state index in [2.05, 4.69) is 17.5 Å². The highest BCUT2D eigenvalue weighted by molar-refractivity contribution is 7.92. The van der Waals surface area contributed by atoms with Gasteiger partial charge in [0.2, 0.25) is 5.91 Å². The minimum atomic E-state index is -3.79. The van der Waals surface area contributed by atoms with Crippen LogP contribution in [0, 0.1) is 5.92 Å². The standard InChI is InChI=1S/C22H26N2O4S/c1-3-24(18-11-5-4-6-12-18)29(26,27)19-13-14-21(28-2)20(16-19)23-22(25)15-17-9-7-8-10-17/h4-7,9,11-14,16-17H,3,8,10,15H2,1-2H3,(H,23,25)/t17-/m1/s1. The molecular formula is C22H26N2O4S. The van der Waals surface area contributed by atoms with E-state index in [4.69, 9.17) is 4.74 Å². The Kier molecular flexibility index (Phi) is 6.59. The largest absolute Gasteiger partial charge is 0.495 e. The van der Waals surface area contributed by atoms with Crippen LogP contribution in [-0.4, -0.2) is 28.0 Å². The van der Waals surface area contributed by atoms with Crippen LogP contribution in [0.1, 0.15) is 26.2 Å². The molecule has 2 aromatic carbocycles. The number of amides is 1. The smallest absolute Gasteiger partial charge is 0.264 e. The van der Waals surface area contributed by atoms with Crippen LogP contribution in [0.25, 0.3) is 0 Å². The van der Waals surface area contributed by atoms with E-state index >= 15 is 0 Å². The first-order valence-electron chi connectivity index (χ1n) is 9.68. The van der Waals surface area contributed by atoms with Crippen molar-refractivity contribution in [3.63, 3.8) is 0 Å². The molecule has 1 aliphatic carbocycles. The summed E-state index contributed by atoms with van der Waals surface area (Å²) in [7, 11) is -2.31. The Hall–Kier alpha value is -2.80. The average molecular weight is 415 g/mol. The molecule has 29 heavy (non-hydrogen) atoms. The molecule has 0 aliphatic heterocycles. The van der Waals surface area contributed by atoms with Crippen LogP contribution in [0.15, 0.2) is 65.6 Å². The quantitative estimate of drug-likeness (QED) is 0.657. The van der Waals surface area contributed by atoms with Gasteiger partial charge in [-0.1, -0.05) is 30.4 Å². The number of nitrogens with zero attached hydrogens (tertiary/aromatic N) is 1. The lowest BCUT2D eigenvalue weighted by Crippen LogP contribution is -2.30. The summed E-state index contributed by atoms with van der Waals surface area (Å²) in [6, 6.07) is 13.5. The number of methoxy groups -OCH3 is 1. The van der Waals surface area contributed by atoms with E-state index in [1.807, 2.05) is 6.07 Å². The van der Waals surface area contributed by atoms with Crippen molar-refractivity contribution >= 4 is 27.3 Å². The molecule has 0 aromatic heterocycles. The Bertz CT molecular complexity index is 987. The van der Waals surface area contributed by atoms with Crippen molar-refractivity contribution in [3.05, 3.63) is 60.7 Å². The molecule has 1 atom stereocenters. The number of anilines is 2. The summed E-state index contributed by atoms with van der Waals surface area (Å²) < 4.78 is 33.1. The highest BCUT2D eigenvalue weighted by Gasteiger charge is 2.25. The molecule has 0 saturated heterocycles. The van der Waals surface area contributed by atoms with Gasteiger partial charge in [0.15, 0.2) is 0 Å². The van der Waals surface area contributed by atoms with Gasteiger partial charge in [-0.3, -0.25) is 9.10 Å². The van der Waals surface area contributed by atoms with Gasteiger partial charge in [0.1, 0.15) is 5.75 Å². The molecule has 1 amide bonds. The molecule has 1 N–H and O–H groups in total. The highest BCUT2D eigenvalue weighted by atomic mass is 32.2. The van der Waals surface area contributed by atoms with Crippen molar-refractivity contribution < 1.29 is 17.9 Å².